The molecule has 3 aromatic rings. The molecule has 0 saturated carbocycles. The van der Waals surface area contributed by atoms with Crippen LogP contribution in [0.5, 0.6) is 0 Å². The molecule has 0 bridgehead atoms. The van der Waals surface area contributed by atoms with Crippen molar-refractivity contribution in [3.8, 4) is 0 Å². The topological polar surface area (TPSA) is 127 Å². The zero-order valence-corrected chi connectivity index (χ0v) is 17.9. The van der Waals surface area contributed by atoms with Gasteiger partial charge in [0, 0.05) is 5.39 Å². The zero-order chi connectivity index (χ0) is 21.9. The van der Waals surface area contributed by atoms with Crippen molar-refractivity contribution in [1.82, 2.24) is 14.7 Å². The number of primary amides is 1. The molecule has 1 amide bonds. The molecule has 1 aromatic heterocycles. The molecule has 0 aliphatic rings. The Morgan fingerprint density at radius 2 is 1.83 bits per heavy atom. The van der Waals surface area contributed by atoms with E-state index in [2.05, 4.69) is 20.0 Å². The van der Waals surface area contributed by atoms with E-state index in [9.17, 15) is 13.2 Å². The highest BCUT2D eigenvalue weighted by atomic mass is 32.2. The van der Waals surface area contributed by atoms with Gasteiger partial charge in [-0.15, -0.1) is 0 Å². The number of fused-ring (bicyclic) bond motifs is 1. The number of aryl methyl sites for hydroxylation is 1. The van der Waals surface area contributed by atoms with Crippen LogP contribution in [0.1, 0.15) is 25.2 Å². The fourth-order valence-electron chi connectivity index (χ4n) is 3.05. The number of sulfonamides is 1. The van der Waals surface area contributed by atoms with Gasteiger partial charge in [-0.1, -0.05) is 38.1 Å². The van der Waals surface area contributed by atoms with Gasteiger partial charge >= 0.3 is 0 Å². The molecule has 1 atom stereocenters. The van der Waals surface area contributed by atoms with E-state index in [1.807, 2.05) is 45.0 Å². The summed E-state index contributed by atoms with van der Waals surface area (Å²) < 4.78 is 27.8. The highest BCUT2D eigenvalue weighted by molar-refractivity contribution is 7.89. The van der Waals surface area contributed by atoms with Gasteiger partial charge in [-0.05, 0) is 42.7 Å². The number of nitrogens with one attached hydrogen (secondary N) is 2. The fraction of sp³-hybridized carbons (Fsp3) is 0.286. The number of carbonyl (C=O) groups excluding carboxylic acids is 1. The van der Waals surface area contributed by atoms with Gasteiger partial charge < -0.3 is 11.1 Å². The van der Waals surface area contributed by atoms with Crippen molar-refractivity contribution in [2.75, 3.05) is 5.32 Å². The van der Waals surface area contributed by atoms with Gasteiger partial charge in [0.25, 0.3) is 0 Å². The van der Waals surface area contributed by atoms with Crippen LogP contribution in [-0.4, -0.2) is 30.3 Å². The van der Waals surface area contributed by atoms with Crippen LogP contribution in [0.25, 0.3) is 10.9 Å². The van der Waals surface area contributed by atoms with Crippen molar-refractivity contribution in [1.29, 1.82) is 0 Å². The molecule has 8 nitrogen and oxygen atoms in total. The Morgan fingerprint density at radius 1 is 1.10 bits per heavy atom. The Labute approximate surface area is 176 Å². The summed E-state index contributed by atoms with van der Waals surface area (Å²) in [5.74, 6) is 0.163. The smallest absolute Gasteiger partial charge is 0.240 e. The van der Waals surface area contributed by atoms with E-state index in [1.54, 1.807) is 18.2 Å². The molecule has 2 aromatic carbocycles. The maximum absolute atomic E-state index is 12.6. The van der Waals surface area contributed by atoms with Crippen molar-refractivity contribution in [2.24, 2.45) is 11.7 Å². The lowest BCUT2D eigenvalue weighted by molar-refractivity contribution is -0.119. The number of amides is 1. The molecule has 9 heteroatoms. The first kappa shape index (κ1) is 21.7. The maximum atomic E-state index is 12.6. The molecule has 0 unspecified atom stereocenters. The van der Waals surface area contributed by atoms with Crippen LogP contribution >= 0.6 is 0 Å². The number of hydrogen-bond acceptors (Lipinski definition) is 6. The number of anilines is 1. The Morgan fingerprint density at radius 3 is 2.50 bits per heavy atom. The molecule has 3 rings (SSSR count). The zero-order valence-electron chi connectivity index (χ0n) is 17.1. The number of para-hydroxylation sites is 1. The lowest BCUT2D eigenvalue weighted by atomic mass is 10.0. The van der Waals surface area contributed by atoms with Crippen LogP contribution in [0.4, 0.5) is 5.82 Å². The van der Waals surface area contributed by atoms with E-state index in [4.69, 9.17) is 5.73 Å². The highest BCUT2D eigenvalue weighted by Gasteiger charge is 2.22. The summed E-state index contributed by atoms with van der Waals surface area (Å²) in [5, 5.41) is 3.81. The number of rotatable bonds is 8. The fourth-order valence-corrected chi connectivity index (χ4v) is 4.14. The average Bonchev–Trinajstić information content (AvgIpc) is 2.70. The van der Waals surface area contributed by atoms with Crippen LogP contribution in [-0.2, 0) is 21.4 Å². The summed E-state index contributed by atoms with van der Waals surface area (Å²) in [5.41, 5.74) is 7.00. The second-order valence-corrected chi connectivity index (χ2v) is 9.18. The van der Waals surface area contributed by atoms with Crippen LogP contribution in [0.2, 0.25) is 0 Å². The van der Waals surface area contributed by atoms with Gasteiger partial charge in [-0.25, -0.2) is 23.1 Å². The number of carbonyl (C=O) groups is 1. The molecule has 0 aliphatic carbocycles. The van der Waals surface area contributed by atoms with Crippen molar-refractivity contribution in [3.05, 3.63) is 59.9 Å². The van der Waals surface area contributed by atoms with Crippen molar-refractivity contribution < 1.29 is 13.2 Å². The van der Waals surface area contributed by atoms with Gasteiger partial charge in [0.15, 0.2) is 0 Å². The predicted octanol–water partition coefficient (Wildman–Crippen LogP) is 2.34. The van der Waals surface area contributed by atoms with E-state index in [0.29, 0.717) is 11.3 Å². The van der Waals surface area contributed by atoms with Crippen molar-refractivity contribution in [2.45, 2.75) is 38.3 Å². The maximum Gasteiger partial charge on any atom is 0.240 e. The Kier molecular flexibility index (Phi) is 6.33. The van der Waals surface area contributed by atoms with Crippen molar-refractivity contribution >= 4 is 32.7 Å². The normalized spacial score (nSPS) is 12.8. The summed E-state index contributed by atoms with van der Waals surface area (Å²) in [6, 6.07) is 13.3. The first-order valence-electron chi connectivity index (χ1n) is 9.55. The van der Waals surface area contributed by atoms with Gasteiger partial charge in [0.1, 0.15) is 17.7 Å². The molecule has 0 spiro atoms. The number of nitrogens with two attached hydrogens (primary N) is 1. The highest BCUT2D eigenvalue weighted by Crippen LogP contribution is 2.22. The molecule has 0 saturated heterocycles. The number of aromatic nitrogens is 2. The standard InChI is InChI=1S/C21H25N5O3S/c1-13(2)19(20(22)27)26-21-16-9-4-5-10-17(16)24-18(25-21)12-23-30(28,29)15-8-6-7-14(3)11-15/h4-11,13,19,23H,12H2,1-3H3,(H2,22,27)(H,24,25,26)/t19-/m0/s1. The molecular formula is C21H25N5O3S. The minimum absolute atomic E-state index is 0.0560. The first-order chi connectivity index (χ1) is 14.2. The van der Waals surface area contributed by atoms with Crippen LogP contribution in [0.3, 0.4) is 0 Å². The molecule has 30 heavy (non-hydrogen) atoms. The van der Waals surface area contributed by atoms with E-state index in [1.165, 1.54) is 6.07 Å². The largest absolute Gasteiger partial charge is 0.368 e. The lowest BCUT2D eigenvalue weighted by Crippen LogP contribution is -2.40. The predicted molar refractivity (Wildman–Crippen MR) is 116 cm³/mol. The minimum Gasteiger partial charge on any atom is -0.368 e. The van der Waals surface area contributed by atoms with Gasteiger partial charge in [0.2, 0.25) is 15.9 Å². The third-order valence-electron chi connectivity index (χ3n) is 4.64. The second-order valence-electron chi connectivity index (χ2n) is 7.42. The lowest BCUT2D eigenvalue weighted by Gasteiger charge is -2.21. The third kappa shape index (κ3) is 4.92. The molecular weight excluding hydrogens is 402 g/mol. The molecule has 0 radical (unpaired) electrons. The third-order valence-corrected chi connectivity index (χ3v) is 6.03. The summed E-state index contributed by atoms with van der Waals surface area (Å²) in [6.45, 7) is 5.48. The quantitative estimate of drug-likeness (QED) is 0.506. The van der Waals surface area contributed by atoms with E-state index < -0.39 is 22.0 Å². The Bertz CT molecular complexity index is 1180. The monoisotopic (exact) mass is 427 g/mol. The Hall–Kier alpha value is -3.04. The van der Waals surface area contributed by atoms with E-state index >= 15 is 0 Å². The van der Waals surface area contributed by atoms with Gasteiger partial charge in [0.05, 0.1) is 17.0 Å². The average molecular weight is 428 g/mol. The second kappa shape index (κ2) is 8.76. The van der Waals surface area contributed by atoms with Crippen molar-refractivity contribution in [3.63, 3.8) is 0 Å². The summed E-state index contributed by atoms with van der Waals surface area (Å²) in [7, 11) is -3.72. The van der Waals surface area contributed by atoms with E-state index in [0.717, 1.165) is 10.9 Å². The number of benzene rings is 2. The molecule has 4 N–H and O–H groups in total. The molecule has 0 fully saturated rings. The molecule has 158 valence electrons. The molecule has 0 aliphatic heterocycles. The van der Waals surface area contributed by atoms with Crippen LogP contribution in [0.15, 0.2) is 53.4 Å². The van der Waals surface area contributed by atoms with E-state index in [-0.39, 0.29) is 23.2 Å². The van der Waals surface area contributed by atoms with Crippen LogP contribution < -0.4 is 15.8 Å². The van der Waals surface area contributed by atoms with Gasteiger partial charge in [-0.3, -0.25) is 4.79 Å². The van der Waals surface area contributed by atoms with Gasteiger partial charge in [-0.2, -0.15) is 0 Å². The summed E-state index contributed by atoms with van der Waals surface area (Å²) >= 11 is 0. The van der Waals surface area contributed by atoms with Crippen LogP contribution in [0, 0.1) is 12.8 Å². The Balaban J connectivity index is 1.92. The number of nitrogens with zero attached hydrogens (tertiary/aromatic N) is 2. The SMILES string of the molecule is Cc1cccc(S(=O)(=O)NCc2nc(N[C@H](C(N)=O)C(C)C)c3ccccc3n2)c1. The number of hydrogen-bond donors (Lipinski definition) is 3. The molecule has 1 heterocycles. The summed E-state index contributed by atoms with van der Waals surface area (Å²) in [4.78, 5) is 20.9. The first-order valence-corrected chi connectivity index (χ1v) is 11.0. The summed E-state index contributed by atoms with van der Waals surface area (Å²) in [6.07, 6.45) is 0. The minimum atomic E-state index is -3.72.